The molecule has 1 aliphatic rings. The maximum absolute atomic E-state index is 13.1. The van der Waals surface area contributed by atoms with Crippen LogP contribution in [0.3, 0.4) is 0 Å². The first kappa shape index (κ1) is 15.5. The molecule has 2 N–H and O–H groups in total. The molecule has 3 rings (SSSR count). The molecule has 0 aromatic heterocycles. The van der Waals surface area contributed by atoms with Crippen LogP contribution in [0.2, 0.25) is 5.02 Å². The number of nitrogens with one attached hydrogen (secondary N) is 2. The van der Waals surface area contributed by atoms with E-state index < -0.39 is 5.82 Å². The lowest BCUT2D eigenvalue weighted by Gasteiger charge is -2.08. The number of hydrogen-bond donors (Lipinski definition) is 2. The molecule has 2 aromatic rings. The fraction of sp³-hybridized carbons (Fsp3) is 0.176. The first-order chi connectivity index (χ1) is 11.0. The summed E-state index contributed by atoms with van der Waals surface area (Å²) in [6, 6.07) is 10.6. The highest BCUT2D eigenvalue weighted by Gasteiger charge is 2.29. The largest absolute Gasteiger partial charge is 0.326 e. The highest BCUT2D eigenvalue weighted by molar-refractivity contribution is 6.31. The Balaban J connectivity index is 1.71. The predicted molar refractivity (Wildman–Crippen MR) is 87.2 cm³/mol. The van der Waals surface area contributed by atoms with Crippen molar-refractivity contribution in [3.63, 3.8) is 0 Å². The molecule has 0 radical (unpaired) electrons. The molecule has 2 amide bonds. The summed E-state index contributed by atoms with van der Waals surface area (Å²) in [4.78, 5) is 24.0. The lowest BCUT2D eigenvalue weighted by atomic mass is 10.1. The van der Waals surface area contributed by atoms with Gasteiger partial charge in [-0.25, -0.2) is 4.39 Å². The molecule has 0 heterocycles. The highest BCUT2D eigenvalue weighted by Crippen LogP contribution is 2.30. The van der Waals surface area contributed by atoms with Crippen molar-refractivity contribution < 1.29 is 14.0 Å². The van der Waals surface area contributed by atoms with Crippen molar-refractivity contribution >= 4 is 34.8 Å². The maximum Gasteiger partial charge on any atom is 0.255 e. The lowest BCUT2D eigenvalue weighted by molar-refractivity contribution is -0.117. The van der Waals surface area contributed by atoms with Gasteiger partial charge in [0.05, 0.1) is 5.02 Å². The zero-order valence-corrected chi connectivity index (χ0v) is 12.9. The molecule has 2 aromatic carbocycles. The molecule has 6 heteroatoms. The number of amides is 2. The maximum atomic E-state index is 13.1. The summed E-state index contributed by atoms with van der Waals surface area (Å²) in [6.07, 6.45) is 1.83. The van der Waals surface area contributed by atoms with Crippen LogP contribution in [0.5, 0.6) is 0 Å². The lowest BCUT2D eigenvalue weighted by Crippen LogP contribution is -2.15. The molecule has 0 aliphatic heterocycles. The fourth-order valence-corrected chi connectivity index (χ4v) is 2.29. The topological polar surface area (TPSA) is 58.2 Å². The first-order valence-electron chi connectivity index (χ1n) is 7.20. The van der Waals surface area contributed by atoms with E-state index in [0.29, 0.717) is 16.9 Å². The van der Waals surface area contributed by atoms with Crippen molar-refractivity contribution in [2.24, 2.45) is 5.92 Å². The Hall–Kier alpha value is -2.40. The zero-order valence-electron chi connectivity index (χ0n) is 12.1. The Morgan fingerprint density at radius 3 is 2.48 bits per heavy atom. The minimum Gasteiger partial charge on any atom is -0.326 e. The first-order valence-corrected chi connectivity index (χ1v) is 7.58. The minimum absolute atomic E-state index is 0.0205. The van der Waals surface area contributed by atoms with Crippen LogP contribution in [0, 0.1) is 11.7 Å². The second kappa shape index (κ2) is 6.38. The quantitative estimate of drug-likeness (QED) is 0.886. The van der Waals surface area contributed by atoms with E-state index in [-0.39, 0.29) is 22.8 Å². The Bertz CT molecular complexity index is 775. The molecule has 0 bridgehead atoms. The molecule has 1 aliphatic carbocycles. The van der Waals surface area contributed by atoms with Crippen LogP contribution in [-0.4, -0.2) is 11.8 Å². The van der Waals surface area contributed by atoms with Crippen LogP contribution in [0.1, 0.15) is 23.2 Å². The number of benzene rings is 2. The molecular formula is C17H14ClFN2O2. The average molecular weight is 333 g/mol. The van der Waals surface area contributed by atoms with E-state index in [1.54, 1.807) is 24.3 Å². The molecular weight excluding hydrogens is 319 g/mol. The number of anilines is 2. The van der Waals surface area contributed by atoms with E-state index in [4.69, 9.17) is 11.6 Å². The smallest absolute Gasteiger partial charge is 0.255 e. The van der Waals surface area contributed by atoms with E-state index in [1.807, 2.05) is 0 Å². The molecule has 1 fully saturated rings. The Morgan fingerprint density at radius 1 is 1.04 bits per heavy atom. The molecule has 23 heavy (non-hydrogen) atoms. The number of halogens is 2. The SMILES string of the molecule is O=C(Nc1ccc(F)c(Cl)c1)c1cccc(NC(=O)C2CC2)c1. The van der Waals surface area contributed by atoms with Gasteiger partial charge in [-0.3, -0.25) is 9.59 Å². The molecule has 118 valence electrons. The average Bonchev–Trinajstić information content (AvgIpc) is 3.36. The normalized spacial score (nSPS) is 13.5. The number of hydrogen-bond acceptors (Lipinski definition) is 2. The summed E-state index contributed by atoms with van der Waals surface area (Å²) in [5.41, 5.74) is 1.36. The van der Waals surface area contributed by atoms with Gasteiger partial charge >= 0.3 is 0 Å². The van der Waals surface area contributed by atoms with E-state index in [0.717, 1.165) is 12.8 Å². The van der Waals surface area contributed by atoms with E-state index >= 15 is 0 Å². The Labute approximate surface area is 137 Å². The summed E-state index contributed by atoms with van der Waals surface area (Å²) >= 11 is 5.69. The van der Waals surface area contributed by atoms with Gasteiger partial charge in [0.25, 0.3) is 5.91 Å². The summed E-state index contributed by atoms with van der Waals surface area (Å²) in [5.74, 6) is -0.841. The second-order valence-electron chi connectivity index (χ2n) is 5.43. The van der Waals surface area contributed by atoms with Gasteiger partial charge in [-0.1, -0.05) is 17.7 Å². The van der Waals surface area contributed by atoms with Crippen LogP contribution in [0.15, 0.2) is 42.5 Å². The third-order valence-corrected chi connectivity index (χ3v) is 3.81. The van der Waals surface area contributed by atoms with Gasteiger partial charge in [0, 0.05) is 22.9 Å². The van der Waals surface area contributed by atoms with Crippen molar-refractivity contribution in [2.75, 3.05) is 10.6 Å². The summed E-state index contributed by atoms with van der Waals surface area (Å²) in [6.45, 7) is 0. The van der Waals surface area contributed by atoms with Gasteiger partial charge in [0.1, 0.15) is 5.82 Å². The third kappa shape index (κ3) is 3.87. The van der Waals surface area contributed by atoms with Crippen LogP contribution in [0.4, 0.5) is 15.8 Å². The molecule has 0 spiro atoms. The van der Waals surface area contributed by atoms with Crippen molar-refractivity contribution in [1.29, 1.82) is 0 Å². The van der Waals surface area contributed by atoms with E-state index in [9.17, 15) is 14.0 Å². The zero-order chi connectivity index (χ0) is 16.4. The molecule has 0 unspecified atom stereocenters. The van der Waals surface area contributed by atoms with Gasteiger partial charge in [0.15, 0.2) is 0 Å². The van der Waals surface area contributed by atoms with Gasteiger partial charge < -0.3 is 10.6 Å². The number of carbonyl (C=O) groups is 2. The van der Waals surface area contributed by atoms with Crippen LogP contribution >= 0.6 is 11.6 Å². The monoisotopic (exact) mass is 332 g/mol. The van der Waals surface area contributed by atoms with Crippen molar-refractivity contribution in [3.8, 4) is 0 Å². The van der Waals surface area contributed by atoms with Gasteiger partial charge in [-0.2, -0.15) is 0 Å². The minimum atomic E-state index is -0.547. The Kier molecular flexibility index (Phi) is 4.30. The van der Waals surface area contributed by atoms with Crippen molar-refractivity contribution in [3.05, 3.63) is 58.9 Å². The van der Waals surface area contributed by atoms with Crippen molar-refractivity contribution in [1.82, 2.24) is 0 Å². The molecule has 4 nitrogen and oxygen atoms in total. The third-order valence-electron chi connectivity index (χ3n) is 3.52. The summed E-state index contributed by atoms with van der Waals surface area (Å²) < 4.78 is 13.1. The highest BCUT2D eigenvalue weighted by atomic mass is 35.5. The van der Waals surface area contributed by atoms with Gasteiger partial charge in [-0.05, 0) is 49.2 Å². The van der Waals surface area contributed by atoms with Gasteiger partial charge in [0.2, 0.25) is 5.91 Å². The second-order valence-corrected chi connectivity index (χ2v) is 5.83. The number of rotatable bonds is 4. The van der Waals surface area contributed by atoms with E-state index in [1.165, 1.54) is 18.2 Å². The van der Waals surface area contributed by atoms with E-state index in [2.05, 4.69) is 10.6 Å². The standard InChI is InChI=1S/C17H14ClFN2O2/c18-14-9-13(6-7-15(14)19)21-17(23)11-2-1-3-12(8-11)20-16(22)10-4-5-10/h1-3,6-10H,4-5H2,(H,20,22)(H,21,23). The van der Waals surface area contributed by atoms with Crippen LogP contribution in [0.25, 0.3) is 0 Å². The summed E-state index contributed by atoms with van der Waals surface area (Å²) in [5, 5.41) is 5.37. The molecule has 0 atom stereocenters. The number of carbonyl (C=O) groups excluding carboxylic acids is 2. The fourth-order valence-electron chi connectivity index (χ4n) is 2.11. The van der Waals surface area contributed by atoms with Crippen LogP contribution < -0.4 is 10.6 Å². The molecule has 0 saturated heterocycles. The van der Waals surface area contributed by atoms with Gasteiger partial charge in [-0.15, -0.1) is 0 Å². The summed E-state index contributed by atoms with van der Waals surface area (Å²) in [7, 11) is 0. The van der Waals surface area contributed by atoms with Crippen LogP contribution in [-0.2, 0) is 4.79 Å². The van der Waals surface area contributed by atoms with Crippen molar-refractivity contribution in [2.45, 2.75) is 12.8 Å². The molecule has 1 saturated carbocycles. The Morgan fingerprint density at radius 2 is 1.78 bits per heavy atom. The predicted octanol–water partition coefficient (Wildman–Crippen LogP) is 4.08.